The molecule has 1 fully saturated rings. The molecule has 7 heteroatoms. The average Bonchev–Trinajstić information content (AvgIpc) is 3.33. The van der Waals surface area contributed by atoms with Crippen LogP contribution in [-0.2, 0) is 0 Å². The van der Waals surface area contributed by atoms with Crippen LogP contribution in [0.1, 0.15) is 35.9 Å². The fourth-order valence-electron chi connectivity index (χ4n) is 3.12. The Balaban J connectivity index is 1.76. The number of benzene rings is 1. The summed E-state index contributed by atoms with van der Waals surface area (Å²) in [6.45, 7) is 3.80. The molecular formula is C19H18F2N4O. The number of carbonyl (C=O) groups excluding carboxylic acids is 1. The average molecular weight is 356 g/mol. The van der Waals surface area contributed by atoms with Crippen LogP contribution < -0.4 is 5.32 Å². The molecule has 0 saturated heterocycles. The molecule has 3 aromatic rings. The fraction of sp³-hybridized carbons (Fsp3) is 0.316. The normalized spacial score (nSPS) is 15.2. The van der Waals surface area contributed by atoms with Gasteiger partial charge in [0.2, 0.25) is 0 Å². The summed E-state index contributed by atoms with van der Waals surface area (Å²) >= 11 is 0. The molecule has 1 atom stereocenters. The van der Waals surface area contributed by atoms with Crippen LogP contribution in [-0.4, -0.2) is 26.3 Å². The van der Waals surface area contributed by atoms with E-state index in [2.05, 4.69) is 15.3 Å². The predicted octanol–water partition coefficient (Wildman–Crippen LogP) is 3.51. The van der Waals surface area contributed by atoms with Crippen LogP contribution in [0.15, 0.2) is 30.6 Å². The summed E-state index contributed by atoms with van der Waals surface area (Å²) in [4.78, 5) is 21.2. The molecule has 0 radical (unpaired) electrons. The summed E-state index contributed by atoms with van der Waals surface area (Å²) < 4.78 is 28.8. The van der Waals surface area contributed by atoms with E-state index in [9.17, 15) is 13.6 Å². The molecule has 1 aliphatic rings. The van der Waals surface area contributed by atoms with Crippen molar-refractivity contribution in [2.45, 2.75) is 32.7 Å². The number of carbonyl (C=O) groups is 1. The molecule has 1 N–H and O–H groups in total. The molecule has 2 heterocycles. The lowest BCUT2D eigenvalue weighted by molar-refractivity contribution is 0.0933. The number of nitrogens with one attached hydrogen (secondary N) is 1. The number of aryl methyl sites for hydroxylation is 1. The third-order valence-corrected chi connectivity index (χ3v) is 4.76. The second kappa shape index (κ2) is 6.16. The van der Waals surface area contributed by atoms with Crippen LogP contribution >= 0.6 is 0 Å². The molecule has 134 valence electrons. The van der Waals surface area contributed by atoms with Gasteiger partial charge in [0.1, 0.15) is 18.0 Å². The fourth-order valence-corrected chi connectivity index (χ4v) is 3.12. The van der Waals surface area contributed by atoms with Crippen LogP contribution in [0, 0.1) is 24.5 Å². The highest BCUT2D eigenvalue weighted by molar-refractivity contribution is 5.98. The van der Waals surface area contributed by atoms with Gasteiger partial charge in [-0.05, 0) is 50.8 Å². The van der Waals surface area contributed by atoms with Gasteiger partial charge < -0.3 is 5.32 Å². The molecule has 0 aliphatic heterocycles. The standard InChI is InChI=1S/C19H18F2N4O/c1-10-5-16(13-6-14(20)8-15(21)7-13)24-18-17(22-9-25(10)18)19(26)23-11(2)12-3-4-12/h5-9,11-12H,3-4H2,1-2H3,(H,23,26)/t11-/m0/s1. The van der Waals surface area contributed by atoms with Crippen molar-refractivity contribution < 1.29 is 13.6 Å². The molecule has 1 amide bonds. The van der Waals surface area contributed by atoms with Crippen molar-refractivity contribution in [1.29, 1.82) is 0 Å². The molecule has 4 rings (SSSR count). The highest BCUT2D eigenvalue weighted by atomic mass is 19.1. The molecule has 0 bridgehead atoms. The van der Waals surface area contributed by atoms with Crippen molar-refractivity contribution in [1.82, 2.24) is 19.7 Å². The topological polar surface area (TPSA) is 59.3 Å². The van der Waals surface area contributed by atoms with E-state index < -0.39 is 11.6 Å². The van der Waals surface area contributed by atoms with Crippen molar-refractivity contribution >= 4 is 11.6 Å². The summed E-state index contributed by atoms with van der Waals surface area (Å²) in [5, 5.41) is 2.96. The minimum Gasteiger partial charge on any atom is -0.348 e. The van der Waals surface area contributed by atoms with Crippen LogP contribution in [0.3, 0.4) is 0 Å². The number of rotatable bonds is 4. The summed E-state index contributed by atoms with van der Waals surface area (Å²) in [7, 11) is 0. The largest absolute Gasteiger partial charge is 0.348 e. The van der Waals surface area contributed by atoms with Gasteiger partial charge in [-0.3, -0.25) is 9.20 Å². The zero-order valence-corrected chi connectivity index (χ0v) is 14.5. The Morgan fingerprint density at radius 1 is 1.23 bits per heavy atom. The quantitative estimate of drug-likeness (QED) is 0.778. The molecule has 5 nitrogen and oxygen atoms in total. The van der Waals surface area contributed by atoms with Crippen molar-refractivity contribution in [2.75, 3.05) is 0 Å². The van der Waals surface area contributed by atoms with Crippen molar-refractivity contribution in [2.24, 2.45) is 5.92 Å². The smallest absolute Gasteiger partial charge is 0.274 e. The Morgan fingerprint density at radius 2 is 1.92 bits per heavy atom. The van der Waals surface area contributed by atoms with Crippen LogP contribution in [0.25, 0.3) is 16.9 Å². The maximum Gasteiger partial charge on any atom is 0.274 e. The van der Waals surface area contributed by atoms with Crippen LogP contribution in [0.2, 0.25) is 0 Å². The van der Waals surface area contributed by atoms with Crippen molar-refractivity contribution in [3.05, 3.63) is 53.6 Å². The first-order valence-electron chi connectivity index (χ1n) is 8.54. The lowest BCUT2D eigenvalue weighted by Crippen LogP contribution is -2.34. The minimum atomic E-state index is -0.677. The summed E-state index contributed by atoms with van der Waals surface area (Å²) in [6, 6.07) is 5.03. The number of fused-ring (bicyclic) bond motifs is 1. The Bertz CT molecular complexity index is 990. The predicted molar refractivity (Wildman–Crippen MR) is 92.7 cm³/mol. The Morgan fingerprint density at radius 3 is 2.58 bits per heavy atom. The van der Waals surface area contributed by atoms with Gasteiger partial charge >= 0.3 is 0 Å². The lowest BCUT2D eigenvalue weighted by Gasteiger charge is -2.12. The Labute approximate surface area is 149 Å². The number of hydrogen-bond donors (Lipinski definition) is 1. The van der Waals surface area contributed by atoms with E-state index in [1.54, 1.807) is 10.5 Å². The maximum atomic E-state index is 13.6. The molecule has 26 heavy (non-hydrogen) atoms. The number of amides is 1. The van der Waals surface area contributed by atoms with E-state index in [0.717, 1.165) is 24.6 Å². The minimum absolute atomic E-state index is 0.0841. The van der Waals surface area contributed by atoms with E-state index in [-0.39, 0.29) is 17.6 Å². The van der Waals surface area contributed by atoms with Crippen LogP contribution in [0.5, 0.6) is 0 Å². The number of hydrogen-bond acceptors (Lipinski definition) is 3. The molecular weight excluding hydrogens is 338 g/mol. The Kier molecular flexibility index (Phi) is 3.94. The number of aromatic nitrogens is 3. The summed E-state index contributed by atoms with van der Waals surface area (Å²) in [5.41, 5.74) is 2.03. The maximum absolute atomic E-state index is 13.6. The van der Waals surface area contributed by atoms with E-state index in [4.69, 9.17) is 0 Å². The van der Waals surface area contributed by atoms with Gasteiger partial charge in [0.05, 0.1) is 5.69 Å². The second-order valence-electron chi connectivity index (χ2n) is 6.83. The van der Waals surface area contributed by atoms with Gasteiger partial charge in [0, 0.05) is 23.4 Å². The zero-order chi connectivity index (χ0) is 18.4. The van der Waals surface area contributed by atoms with E-state index in [1.807, 2.05) is 13.8 Å². The first-order chi connectivity index (χ1) is 12.4. The van der Waals surface area contributed by atoms with Crippen molar-refractivity contribution in [3.63, 3.8) is 0 Å². The lowest BCUT2D eigenvalue weighted by atomic mass is 10.1. The highest BCUT2D eigenvalue weighted by Crippen LogP contribution is 2.32. The van der Waals surface area contributed by atoms with Gasteiger partial charge in [-0.2, -0.15) is 0 Å². The summed E-state index contributed by atoms with van der Waals surface area (Å²) in [5.74, 6) is -1.12. The van der Waals surface area contributed by atoms with Gasteiger partial charge in [-0.1, -0.05) is 0 Å². The zero-order valence-electron chi connectivity index (χ0n) is 14.5. The molecule has 1 aliphatic carbocycles. The van der Waals surface area contributed by atoms with E-state index >= 15 is 0 Å². The SMILES string of the molecule is Cc1cc(-c2cc(F)cc(F)c2)nc2c(C(=O)N[C@@H](C)C3CC3)ncn12. The first kappa shape index (κ1) is 16.6. The Hall–Kier alpha value is -2.83. The molecule has 1 saturated carbocycles. The number of halogens is 2. The third kappa shape index (κ3) is 3.05. The monoisotopic (exact) mass is 356 g/mol. The van der Waals surface area contributed by atoms with Gasteiger partial charge in [0.15, 0.2) is 11.3 Å². The molecule has 0 spiro atoms. The van der Waals surface area contributed by atoms with Gasteiger partial charge in [-0.25, -0.2) is 18.7 Å². The van der Waals surface area contributed by atoms with Gasteiger partial charge in [0.25, 0.3) is 5.91 Å². The van der Waals surface area contributed by atoms with E-state index in [1.165, 1.54) is 18.5 Å². The third-order valence-electron chi connectivity index (χ3n) is 4.76. The first-order valence-corrected chi connectivity index (χ1v) is 8.54. The highest BCUT2D eigenvalue weighted by Gasteiger charge is 2.30. The molecule has 2 aromatic heterocycles. The van der Waals surface area contributed by atoms with E-state index in [0.29, 0.717) is 22.8 Å². The number of imidazole rings is 1. The molecule has 1 aromatic carbocycles. The second-order valence-corrected chi connectivity index (χ2v) is 6.83. The number of nitrogens with zero attached hydrogens (tertiary/aromatic N) is 3. The summed E-state index contributed by atoms with van der Waals surface area (Å²) in [6.07, 6.45) is 3.78. The van der Waals surface area contributed by atoms with Crippen molar-refractivity contribution in [3.8, 4) is 11.3 Å². The van der Waals surface area contributed by atoms with Gasteiger partial charge in [-0.15, -0.1) is 0 Å². The van der Waals surface area contributed by atoms with Crippen LogP contribution in [0.4, 0.5) is 8.78 Å². The molecule has 0 unspecified atom stereocenters.